The molecule has 2 heterocycles. The largest absolute Gasteiger partial charge is 0.467 e. The minimum absolute atomic E-state index is 0.0511. The van der Waals surface area contributed by atoms with E-state index in [0.29, 0.717) is 19.3 Å². The Kier molecular flexibility index (Phi) is 6.08. The first-order valence-corrected chi connectivity index (χ1v) is 8.77. The molecule has 0 aliphatic carbocycles. The van der Waals surface area contributed by atoms with Crippen molar-refractivity contribution in [3.63, 3.8) is 0 Å². The number of fused-ring (bicyclic) bond motifs is 1. The fourth-order valence-corrected chi connectivity index (χ4v) is 3.35. The molecule has 0 aromatic rings. The second kappa shape index (κ2) is 7.89. The molecule has 0 aromatic heterocycles. The minimum atomic E-state index is -0.751. The molecule has 7 heteroatoms. The highest BCUT2D eigenvalue weighted by Gasteiger charge is 2.41. The molecule has 1 fully saturated rings. The van der Waals surface area contributed by atoms with Crippen molar-refractivity contribution in [1.82, 2.24) is 10.2 Å². The third-order valence-electron chi connectivity index (χ3n) is 4.41. The van der Waals surface area contributed by atoms with Crippen LogP contribution in [0.1, 0.15) is 52.9 Å². The third kappa shape index (κ3) is 4.96. The molecule has 0 radical (unpaired) electrons. The van der Waals surface area contributed by atoms with E-state index in [1.165, 1.54) is 7.11 Å². The zero-order valence-electron chi connectivity index (χ0n) is 15.4. The number of hydrogen-bond donors (Lipinski definition) is 1. The fraction of sp³-hybridized carbons (Fsp3) is 0.722. The van der Waals surface area contributed by atoms with E-state index in [4.69, 9.17) is 9.47 Å². The van der Waals surface area contributed by atoms with Gasteiger partial charge in [0, 0.05) is 6.04 Å². The second-order valence-corrected chi connectivity index (χ2v) is 7.51. The van der Waals surface area contributed by atoms with E-state index < -0.39 is 29.7 Å². The van der Waals surface area contributed by atoms with Crippen LogP contribution in [-0.2, 0) is 19.1 Å². The maximum Gasteiger partial charge on any atom is 0.408 e. The maximum absolute atomic E-state index is 13.1. The number of methoxy groups -OCH3 is 1. The summed E-state index contributed by atoms with van der Waals surface area (Å²) in [6.45, 7) is 5.29. The number of carbonyl (C=O) groups is 3. The molecule has 0 spiro atoms. The van der Waals surface area contributed by atoms with E-state index in [1.807, 2.05) is 12.2 Å². The molecule has 0 unspecified atom stereocenters. The second-order valence-electron chi connectivity index (χ2n) is 7.51. The van der Waals surface area contributed by atoms with E-state index in [-0.39, 0.29) is 11.9 Å². The summed E-state index contributed by atoms with van der Waals surface area (Å²) in [4.78, 5) is 38.9. The van der Waals surface area contributed by atoms with Crippen LogP contribution in [0.2, 0.25) is 0 Å². The van der Waals surface area contributed by atoms with Gasteiger partial charge in [0.1, 0.15) is 17.7 Å². The van der Waals surface area contributed by atoms with Gasteiger partial charge in [-0.05, 0) is 52.9 Å². The molecule has 2 aliphatic heterocycles. The van der Waals surface area contributed by atoms with Gasteiger partial charge in [0.05, 0.1) is 7.11 Å². The van der Waals surface area contributed by atoms with Crippen LogP contribution in [0.5, 0.6) is 0 Å². The van der Waals surface area contributed by atoms with Gasteiger partial charge in [-0.15, -0.1) is 0 Å². The van der Waals surface area contributed by atoms with Crippen LogP contribution in [0.25, 0.3) is 0 Å². The molecule has 2 rings (SSSR count). The molecule has 0 bridgehead atoms. The summed E-state index contributed by atoms with van der Waals surface area (Å²) < 4.78 is 10.1. The van der Waals surface area contributed by atoms with Crippen LogP contribution in [-0.4, -0.2) is 53.7 Å². The first-order valence-electron chi connectivity index (χ1n) is 8.77. The lowest BCUT2D eigenvalue weighted by Gasteiger charge is -2.42. The fourth-order valence-electron chi connectivity index (χ4n) is 3.35. The predicted molar refractivity (Wildman–Crippen MR) is 91.8 cm³/mol. The summed E-state index contributed by atoms with van der Waals surface area (Å²) >= 11 is 0. The Labute approximate surface area is 148 Å². The quantitative estimate of drug-likeness (QED) is 0.608. The van der Waals surface area contributed by atoms with Crippen molar-refractivity contribution < 1.29 is 23.9 Å². The normalized spacial score (nSPS) is 27.0. The Morgan fingerprint density at radius 3 is 2.52 bits per heavy atom. The van der Waals surface area contributed by atoms with Crippen molar-refractivity contribution in [2.24, 2.45) is 0 Å². The third-order valence-corrected chi connectivity index (χ3v) is 4.41. The van der Waals surface area contributed by atoms with Crippen molar-refractivity contribution in [2.75, 3.05) is 7.11 Å². The summed E-state index contributed by atoms with van der Waals surface area (Å²) in [5, 5.41) is 2.65. The number of hydrogen-bond acceptors (Lipinski definition) is 5. The highest BCUT2D eigenvalue weighted by Crippen LogP contribution is 2.28. The Morgan fingerprint density at radius 1 is 1.20 bits per heavy atom. The van der Waals surface area contributed by atoms with Gasteiger partial charge >= 0.3 is 12.1 Å². The molecule has 140 valence electrons. The van der Waals surface area contributed by atoms with E-state index in [9.17, 15) is 14.4 Å². The van der Waals surface area contributed by atoms with Crippen LogP contribution in [0.3, 0.4) is 0 Å². The molecular formula is C18H28N2O5. The number of amides is 2. The van der Waals surface area contributed by atoms with Gasteiger partial charge in [0.2, 0.25) is 5.91 Å². The van der Waals surface area contributed by atoms with Crippen molar-refractivity contribution in [1.29, 1.82) is 0 Å². The zero-order chi connectivity index (χ0) is 18.6. The van der Waals surface area contributed by atoms with E-state index in [1.54, 1.807) is 25.7 Å². The van der Waals surface area contributed by atoms with E-state index >= 15 is 0 Å². The molecular weight excluding hydrogens is 324 g/mol. The van der Waals surface area contributed by atoms with Gasteiger partial charge < -0.3 is 19.7 Å². The summed E-state index contributed by atoms with van der Waals surface area (Å²) in [5.41, 5.74) is -0.646. The van der Waals surface area contributed by atoms with Crippen LogP contribution in [0, 0.1) is 0 Å². The average Bonchev–Trinajstić information content (AvgIpc) is 2.52. The summed E-state index contributed by atoms with van der Waals surface area (Å²) in [5.74, 6) is -0.658. The van der Waals surface area contributed by atoms with Gasteiger partial charge in [-0.3, -0.25) is 4.79 Å². The summed E-state index contributed by atoms with van der Waals surface area (Å²) in [7, 11) is 1.33. The first-order chi connectivity index (χ1) is 11.7. The van der Waals surface area contributed by atoms with Gasteiger partial charge in [-0.25, -0.2) is 9.59 Å². The lowest BCUT2D eigenvalue weighted by atomic mass is 9.90. The number of piperidine rings is 1. The van der Waals surface area contributed by atoms with Crippen LogP contribution in [0.15, 0.2) is 12.2 Å². The zero-order valence-corrected chi connectivity index (χ0v) is 15.4. The number of carbonyl (C=O) groups excluding carboxylic acids is 3. The first kappa shape index (κ1) is 19.3. The highest BCUT2D eigenvalue weighted by molar-refractivity contribution is 5.90. The summed E-state index contributed by atoms with van der Waals surface area (Å²) in [6, 6.07) is -1.39. The van der Waals surface area contributed by atoms with Crippen molar-refractivity contribution in [3.05, 3.63) is 12.2 Å². The number of alkyl carbamates (subject to hydrolysis) is 1. The Morgan fingerprint density at radius 2 is 1.88 bits per heavy atom. The van der Waals surface area contributed by atoms with Crippen LogP contribution in [0.4, 0.5) is 4.79 Å². The molecule has 2 amide bonds. The number of esters is 1. The van der Waals surface area contributed by atoms with Crippen molar-refractivity contribution in [2.45, 2.75) is 76.6 Å². The maximum atomic E-state index is 13.1. The molecule has 3 atom stereocenters. The molecule has 1 N–H and O–H groups in total. The number of nitrogens with one attached hydrogen (secondary N) is 1. The molecule has 2 aliphatic rings. The van der Waals surface area contributed by atoms with Gasteiger partial charge in [0.15, 0.2) is 0 Å². The van der Waals surface area contributed by atoms with Crippen LogP contribution < -0.4 is 5.32 Å². The lowest BCUT2D eigenvalue weighted by molar-refractivity contribution is -0.158. The smallest absolute Gasteiger partial charge is 0.408 e. The molecule has 0 aromatic carbocycles. The van der Waals surface area contributed by atoms with Gasteiger partial charge in [-0.1, -0.05) is 12.2 Å². The minimum Gasteiger partial charge on any atom is -0.467 e. The standard InChI is InChI=1S/C18H28N2O5/c1-18(2,3)25-17(23)19-13-10-6-5-8-12-9-7-11-14(16(22)24-4)20(12)15(13)21/h5-6,12-14H,7-11H2,1-4H3,(H,19,23)/t12-,13-,14-/m0/s1. The topological polar surface area (TPSA) is 84.9 Å². The average molecular weight is 352 g/mol. The Balaban J connectivity index is 2.20. The monoisotopic (exact) mass is 352 g/mol. The van der Waals surface area contributed by atoms with Crippen molar-refractivity contribution >= 4 is 18.0 Å². The molecule has 25 heavy (non-hydrogen) atoms. The van der Waals surface area contributed by atoms with Crippen molar-refractivity contribution in [3.8, 4) is 0 Å². The van der Waals surface area contributed by atoms with Gasteiger partial charge in [0.25, 0.3) is 0 Å². The predicted octanol–water partition coefficient (Wildman–Crippen LogP) is 2.15. The summed E-state index contributed by atoms with van der Waals surface area (Å²) in [6.07, 6.45) is 6.63. The SMILES string of the molecule is COC(=O)[C@@H]1CCC[C@@H]2CC=CC[C@H](NC(=O)OC(C)(C)C)C(=O)N21. The Hall–Kier alpha value is -2.05. The van der Waals surface area contributed by atoms with Gasteiger partial charge in [-0.2, -0.15) is 0 Å². The lowest BCUT2D eigenvalue weighted by Crippen LogP contribution is -2.59. The number of rotatable bonds is 2. The number of nitrogens with zero attached hydrogens (tertiary/aromatic N) is 1. The Bertz CT molecular complexity index is 552. The molecule has 7 nitrogen and oxygen atoms in total. The van der Waals surface area contributed by atoms with Crippen LogP contribution >= 0.6 is 0 Å². The number of ether oxygens (including phenoxy) is 2. The molecule has 0 saturated carbocycles. The van der Waals surface area contributed by atoms with E-state index in [0.717, 1.165) is 12.8 Å². The van der Waals surface area contributed by atoms with E-state index in [2.05, 4.69) is 5.32 Å². The highest BCUT2D eigenvalue weighted by atomic mass is 16.6. The molecule has 1 saturated heterocycles.